The summed E-state index contributed by atoms with van der Waals surface area (Å²) in [4.78, 5) is 11.2. The van der Waals surface area contributed by atoms with Crippen molar-refractivity contribution >= 4 is 5.91 Å². The van der Waals surface area contributed by atoms with Crippen molar-refractivity contribution in [2.24, 2.45) is 5.92 Å². The minimum absolute atomic E-state index is 0.0305. The molecule has 13 heavy (non-hydrogen) atoms. The van der Waals surface area contributed by atoms with Gasteiger partial charge in [0.2, 0.25) is 5.91 Å². The van der Waals surface area contributed by atoms with Crippen LogP contribution in [0, 0.1) is 5.92 Å². The quantitative estimate of drug-likeness (QED) is 0.651. The van der Waals surface area contributed by atoms with Crippen LogP contribution in [0.4, 0.5) is 0 Å². The van der Waals surface area contributed by atoms with Crippen LogP contribution in [0.25, 0.3) is 0 Å². The second-order valence-electron chi connectivity index (χ2n) is 3.51. The van der Waals surface area contributed by atoms with E-state index in [0.29, 0.717) is 12.5 Å². The van der Waals surface area contributed by atoms with Gasteiger partial charge in [0.25, 0.3) is 0 Å². The molecule has 1 amide bonds. The van der Waals surface area contributed by atoms with E-state index < -0.39 is 0 Å². The number of amides is 1. The first-order valence-corrected chi connectivity index (χ1v) is 4.70. The van der Waals surface area contributed by atoms with Crippen molar-refractivity contribution in [3.8, 4) is 0 Å². The number of hydrogen-bond acceptors (Lipinski definition) is 2. The molecule has 1 saturated heterocycles. The number of allylic oxidation sites excluding steroid dienone is 1. The lowest BCUT2D eigenvalue weighted by atomic mass is 10.0. The van der Waals surface area contributed by atoms with E-state index in [0.717, 1.165) is 0 Å². The average Bonchev–Trinajstić information content (AvgIpc) is 2.37. The molecule has 74 valence electrons. The van der Waals surface area contributed by atoms with Gasteiger partial charge in [-0.3, -0.25) is 4.79 Å². The molecule has 0 spiro atoms. The van der Waals surface area contributed by atoms with E-state index in [1.807, 2.05) is 13.8 Å². The highest BCUT2D eigenvalue weighted by Gasteiger charge is 2.31. The summed E-state index contributed by atoms with van der Waals surface area (Å²) in [6.45, 7) is 6.59. The molecule has 0 bridgehead atoms. The van der Waals surface area contributed by atoms with Gasteiger partial charge in [-0.1, -0.05) is 13.0 Å². The molecule has 0 aromatic carbocycles. The Morgan fingerprint density at radius 1 is 1.54 bits per heavy atom. The van der Waals surface area contributed by atoms with Crippen molar-refractivity contribution in [2.45, 2.75) is 32.9 Å². The predicted molar refractivity (Wildman–Crippen MR) is 51.3 cm³/mol. The normalized spacial score (nSPS) is 33.9. The van der Waals surface area contributed by atoms with Crippen molar-refractivity contribution in [1.29, 1.82) is 0 Å². The van der Waals surface area contributed by atoms with Crippen molar-refractivity contribution in [3.63, 3.8) is 0 Å². The zero-order valence-corrected chi connectivity index (χ0v) is 8.41. The zero-order chi connectivity index (χ0) is 9.84. The van der Waals surface area contributed by atoms with Crippen LogP contribution in [-0.2, 0) is 9.53 Å². The number of rotatable bonds is 2. The van der Waals surface area contributed by atoms with Crippen LogP contribution in [-0.4, -0.2) is 24.7 Å². The lowest BCUT2D eigenvalue weighted by Crippen LogP contribution is -2.38. The van der Waals surface area contributed by atoms with Gasteiger partial charge in [0.05, 0.1) is 18.8 Å². The van der Waals surface area contributed by atoms with E-state index in [9.17, 15) is 4.79 Å². The maximum absolute atomic E-state index is 11.2. The minimum Gasteiger partial charge on any atom is -0.376 e. The summed E-state index contributed by atoms with van der Waals surface area (Å²) in [6.07, 6.45) is 3.52. The Kier molecular flexibility index (Phi) is 3.48. The summed E-state index contributed by atoms with van der Waals surface area (Å²) in [5, 5.41) is 2.91. The second kappa shape index (κ2) is 4.42. The van der Waals surface area contributed by atoms with Crippen molar-refractivity contribution in [3.05, 3.63) is 12.2 Å². The number of carbonyl (C=O) groups excluding carboxylic acids is 1. The molecule has 1 aliphatic rings. The first kappa shape index (κ1) is 10.3. The Bertz CT molecular complexity index is 213. The van der Waals surface area contributed by atoms with Gasteiger partial charge >= 0.3 is 0 Å². The third-order valence-corrected chi connectivity index (χ3v) is 2.56. The zero-order valence-electron chi connectivity index (χ0n) is 8.41. The fourth-order valence-corrected chi connectivity index (χ4v) is 1.44. The molecule has 1 heterocycles. The highest BCUT2D eigenvalue weighted by molar-refractivity contribution is 5.87. The molecule has 1 rings (SSSR count). The van der Waals surface area contributed by atoms with Crippen LogP contribution in [0.2, 0.25) is 0 Å². The number of hydrogen-bond donors (Lipinski definition) is 1. The predicted octanol–water partition coefficient (Wildman–Crippen LogP) is 1.10. The Balaban J connectivity index is 2.42. The van der Waals surface area contributed by atoms with Crippen molar-refractivity contribution in [2.75, 3.05) is 6.61 Å². The van der Waals surface area contributed by atoms with Crippen molar-refractivity contribution in [1.82, 2.24) is 5.32 Å². The Hall–Kier alpha value is -0.830. The maximum Gasteiger partial charge on any atom is 0.243 e. The Labute approximate surface area is 79.2 Å². The summed E-state index contributed by atoms with van der Waals surface area (Å²) in [5.74, 6) is 0.367. The van der Waals surface area contributed by atoms with Gasteiger partial charge in [0, 0.05) is 5.92 Å². The van der Waals surface area contributed by atoms with E-state index >= 15 is 0 Å². The first-order valence-electron chi connectivity index (χ1n) is 4.70. The molecule has 3 unspecified atom stereocenters. The first-order chi connectivity index (χ1) is 6.15. The molecular formula is C10H17NO2. The van der Waals surface area contributed by atoms with Crippen LogP contribution < -0.4 is 5.32 Å². The molecule has 3 nitrogen and oxygen atoms in total. The maximum atomic E-state index is 11.2. The van der Waals surface area contributed by atoms with Gasteiger partial charge in [0.1, 0.15) is 0 Å². The Morgan fingerprint density at radius 2 is 2.23 bits per heavy atom. The van der Waals surface area contributed by atoms with E-state index in [1.54, 1.807) is 6.08 Å². The summed E-state index contributed by atoms with van der Waals surface area (Å²) in [7, 11) is 0. The molecule has 0 aliphatic carbocycles. The highest BCUT2D eigenvalue weighted by Crippen LogP contribution is 2.19. The molecular weight excluding hydrogens is 166 g/mol. The molecule has 3 heteroatoms. The van der Waals surface area contributed by atoms with Gasteiger partial charge in [0.15, 0.2) is 0 Å². The molecule has 3 atom stereocenters. The number of ether oxygens (including phenoxy) is 1. The molecule has 1 aliphatic heterocycles. The average molecular weight is 183 g/mol. The molecule has 0 aromatic heterocycles. The summed E-state index contributed by atoms with van der Waals surface area (Å²) in [6, 6.07) is 0.165. The van der Waals surface area contributed by atoms with Crippen molar-refractivity contribution < 1.29 is 9.53 Å². The third-order valence-electron chi connectivity index (χ3n) is 2.56. The fraction of sp³-hybridized carbons (Fsp3) is 0.700. The fourth-order valence-electron chi connectivity index (χ4n) is 1.44. The van der Waals surface area contributed by atoms with Crippen LogP contribution in [0.5, 0.6) is 0 Å². The largest absolute Gasteiger partial charge is 0.376 e. The van der Waals surface area contributed by atoms with E-state index in [4.69, 9.17) is 4.74 Å². The monoisotopic (exact) mass is 183 g/mol. The van der Waals surface area contributed by atoms with E-state index in [2.05, 4.69) is 12.2 Å². The van der Waals surface area contributed by atoms with Crippen LogP contribution in [0.3, 0.4) is 0 Å². The van der Waals surface area contributed by atoms with Gasteiger partial charge in [-0.15, -0.1) is 0 Å². The van der Waals surface area contributed by atoms with Gasteiger partial charge in [-0.25, -0.2) is 0 Å². The van der Waals surface area contributed by atoms with Crippen LogP contribution >= 0.6 is 0 Å². The molecule has 0 radical (unpaired) electrons. The van der Waals surface area contributed by atoms with E-state index in [1.165, 1.54) is 6.08 Å². The summed E-state index contributed by atoms with van der Waals surface area (Å²) < 4.78 is 5.42. The smallest absolute Gasteiger partial charge is 0.243 e. The minimum atomic E-state index is -0.0305. The number of carbonyl (C=O) groups is 1. The van der Waals surface area contributed by atoms with Gasteiger partial charge < -0.3 is 10.1 Å². The van der Waals surface area contributed by atoms with Gasteiger partial charge in [-0.05, 0) is 19.9 Å². The van der Waals surface area contributed by atoms with Crippen LogP contribution in [0.15, 0.2) is 12.2 Å². The lowest BCUT2D eigenvalue weighted by Gasteiger charge is -2.15. The number of nitrogens with one attached hydrogen (secondary N) is 1. The third kappa shape index (κ3) is 2.56. The molecule has 0 aromatic rings. The SMILES string of the molecule is C/C=C/C(=O)NC1COC(C)C1C. The summed E-state index contributed by atoms with van der Waals surface area (Å²) >= 11 is 0. The molecule has 1 N–H and O–H groups in total. The topological polar surface area (TPSA) is 38.3 Å². The highest BCUT2D eigenvalue weighted by atomic mass is 16.5. The lowest BCUT2D eigenvalue weighted by molar-refractivity contribution is -0.117. The summed E-state index contributed by atoms with van der Waals surface area (Å²) in [5.41, 5.74) is 0. The molecule has 0 saturated carbocycles. The molecule has 1 fully saturated rings. The van der Waals surface area contributed by atoms with Crippen LogP contribution in [0.1, 0.15) is 20.8 Å². The Morgan fingerprint density at radius 3 is 2.69 bits per heavy atom. The standard InChI is InChI=1S/C10H17NO2/c1-4-5-10(12)11-9-6-13-8(3)7(9)2/h4-5,7-9H,6H2,1-3H3,(H,11,12)/b5-4+. The van der Waals surface area contributed by atoms with Gasteiger partial charge in [-0.2, -0.15) is 0 Å². The second-order valence-corrected chi connectivity index (χ2v) is 3.51. The van der Waals surface area contributed by atoms with E-state index in [-0.39, 0.29) is 18.1 Å².